The molecule has 0 amide bonds. The van der Waals surface area contributed by atoms with E-state index in [2.05, 4.69) is 5.92 Å². The highest BCUT2D eigenvalue weighted by molar-refractivity contribution is 6.58. The van der Waals surface area contributed by atoms with Gasteiger partial charge in [-0.15, -0.1) is 6.42 Å². The molecule has 0 aromatic heterocycles. The van der Waals surface area contributed by atoms with Gasteiger partial charge in [-0.05, 0) is 29.9 Å². The summed E-state index contributed by atoms with van der Waals surface area (Å²) in [5.74, 6) is 2.67. The van der Waals surface area contributed by atoms with Crippen molar-refractivity contribution in [2.24, 2.45) is 5.73 Å². The van der Waals surface area contributed by atoms with Crippen LogP contribution in [-0.4, -0.2) is 23.4 Å². The van der Waals surface area contributed by atoms with E-state index < -0.39 is 13.3 Å². The quantitative estimate of drug-likeness (QED) is 0.335. The average Bonchev–Trinajstić information content (AvgIpc) is 2.20. The molecular formula is C10H12BNO3. The molecule has 1 aromatic rings. The average molecular weight is 205 g/mol. The smallest absolute Gasteiger partial charge is 0.464 e. The molecule has 0 aliphatic heterocycles. The topological polar surface area (TPSA) is 75.7 Å². The first kappa shape index (κ1) is 11.6. The number of hydrogen-bond acceptors (Lipinski definition) is 4. The summed E-state index contributed by atoms with van der Waals surface area (Å²) in [4.78, 5) is 0. The van der Waals surface area contributed by atoms with Crippen molar-refractivity contribution in [1.29, 1.82) is 0 Å². The standard InChI is InChI=1S/C10H12BNO3/c1-3-10(12)15-9-6-8(11(13)14)5-4-7(9)2/h1,4-6,10,13-14H,12H2,2H3. The molecule has 15 heavy (non-hydrogen) atoms. The molecule has 0 spiro atoms. The SMILES string of the molecule is C#CC(N)Oc1cc(B(O)O)ccc1C. The fourth-order valence-corrected chi connectivity index (χ4v) is 1.08. The summed E-state index contributed by atoms with van der Waals surface area (Å²) in [6, 6.07) is 4.79. The Balaban J connectivity index is 2.96. The van der Waals surface area contributed by atoms with Crippen LogP contribution >= 0.6 is 0 Å². The van der Waals surface area contributed by atoms with Gasteiger partial charge in [0, 0.05) is 0 Å². The molecule has 4 N–H and O–H groups in total. The van der Waals surface area contributed by atoms with Crippen molar-refractivity contribution in [2.75, 3.05) is 0 Å². The molecule has 1 aromatic carbocycles. The Morgan fingerprint density at radius 1 is 1.53 bits per heavy atom. The van der Waals surface area contributed by atoms with Gasteiger partial charge in [-0.2, -0.15) is 0 Å². The van der Waals surface area contributed by atoms with Crippen LogP contribution in [0.2, 0.25) is 0 Å². The molecule has 5 heteroatoms. The maximum atomic E-state index is 8.96. The van der Waals surface area contributed by atoms with E-state index in [9.17, 15) is 0 Å². The van der Waals surface area contributed by atoms with Gasteiger partial charge < -0.3 is 14.8 Å². The lowest BCUT2D eigenvalue weighted by molar-refractivity contribution is 0.265. The first-order valence-corrected chi connectivity index (χ1v) is 4.39. The lowest BCUT2D eigenvalue weighted by atomic mass is 9.80. The molecule has 0 radical (unpaired) electrons. The van der Waals surface area contributed by atoms with Gasteiger partial charge in [-0.3, -0.25) is 5.73 Å². The van der Waals surface area contributed by atoms with Crippen molar-refractivity contribution in [2.45, 2.75) is 13.2 Å². The third-order valence-electron chi connectivity index (χ3n) is 1.93. The highest BCUT2D eigenvalue weighted by Gasteiger charge is 2.13. The second-order valence-corrected chi connectivity index (χ2v) is 3.10. The van der Waals surface area contributed by atoms with Gasteiger partial charge in [0.05, 0.1) is 0 Å². The third-order valence-corrected chi connectivity index (χ3v) is 1.93. The van der Waals surface area contributed by atoms with Crippen LogP contribution < -0.4 is 15.9 Å². The predicted molar refractivity (Wildman–Crippen MR) is 58.4 cm³/mol. The van der Waals surface area contributed by atoms with Crippen LogP contribution in [0.25, 0.3) is 0 Å². The first-order chi connectivity index (χ1) is 7.04. The second-order valence-electron chi connectivity index (χ2n) is 3.10. The van der Waals surface area contributed by atoms with Crippen molar-refractivity contribution in [1.82, 2.24) is 0 Å². The minimum absolute atomic E-state index is 0.333. The maximum Gasteiger partial charge on any atom is 0.488 e. The number of nitrogens with two attached hydrogens (primary N) is 1. The van der Waals surface area contributed by atoms with Crippen LogP contribution in [0.15, 0.2) is 18.2 Å². The molecule has 1 atom stereocenters. The van der Waals surface area contributed by atoms with Gasteiger partial charge in [0.2, 0.25) is 6.23 Å². The Kier molecular flexibility index (Phi) is 3.75. The van der Waals surface area contributed by atoms with Crippen LogP contribution in [0.5, 0.6) is 5.75 Å². The van der Waals surface area contributed by atoms with Crippen molar-refractivity contribution >= 4 is 12.6 Å². The van der Waals surface area contributed by atoms with E-state index >= 15 is 0 Å². The molecule has 0 fully saturated rings. The molecule has 0 aliphatic rings. The molecule has 0 saturated carbocycles. The summed E-state index contributed by atoms with van der Waals surface area (Å²) in [5, 5.41) is 17.9. The monoisotopic (exact) mass is 205 g/mol. The van der Waals surface area contributed by atoms with E-state index in [-0.39, 0.29) is 0 Å². The van der Waals surface area contributed by atoms with Crippen molar-refractivity contribution in [3.05, 3.63) is 23.8 Å². The molecule has 0 aliphatic carbocycles. The van der Waals surface area contributed by atoms with E-state index in [4.69, 9.17) is 26.9 Å². The lowest BCUT2D eigenvalue weighted by Gasteiger charge is -2.12. The molecule has 1 unspecified atom stereocenters. The fourth-order valence-electron chi connectivity index (χ4n) is 1.08. The zero-order valence-corrected chi connectivity index (χ0v) is 8.34. The molecule has 1 rings (SSSR count). The van der Waals surface area contributed by atoms with Crippen molar-refractivity contribution in [3.63, 3.8) is 0 Å². The zero-order chi connectivity index (χ0) is 11.4. The summed E-state index contributed by atoms with van der Waals surface area (Å²) < 4.78 is 5.20. The van der Waals surface area contributed by atoms with E-state index in [1.54, 1.807) is 12.1 Å². The highest BCUT2D eigenvalue weighted by Crippen LogP contribution is 2.15. The van der Waals surface area contributed by atoms with E-state index in [0.29, 0.717) is 11.2 Å². The molecule has 0 heterocycles. The molecule has 0 bridgehead atoms. The van der Waals surface area contributed by atoms with Gasteiger partial charge in [-0.1, -0.05) is 12.1 Å². The van der Waals surface area contributed by atoms with Gasteiger partial charge in [0.25, 0.3) is 0 Å². The highest BCUT2D eigenvalue weighted by atomic mass is 16.5. The van der Waals surface area contributed by atoms with Crippen LogP contribution in [0.4, 0.5) is 0 Å². The fraction of sp³-hybridized carbons (Fsp3) is 0.200. The van der Waals surface area contributed by atoms with Crippen LogP contribution in [0.1, 0.15) is 5.56 Å². The number of benzene rings is 1. The summed E-state index contributed by atoms with van der Waals surface area (Å²) in [5.41, 5.74) is 6.57. The largest absolute Gasteiger partial charge is 0.488 e. The molecular weight excluding hydrogens is 193 g/mol. The molecule has 0 saturated heterocycles. The van der Waals surface area contributed by atoms with Crippen LogP contribution in [0.3, 0.4) is 0 Å². The Morgan fingerprint density at radius 3 is 2.73 bits per heavy atom. The number of aryl methyl sites for hydroxylation is 1. The number of ether oxygens (including phenoxy) is 1. The minimum atomic E-state index is -1.53. The maximum absolute atomic E-state index is 8.96. The summed E-state index contributed by atoms with van der Waals surface area (Å²) in [6.45, 7) is 1.81. The lowest BCUT2D eigenvalue weighted by Crippen LogP contribution is -2.31. The first-order valence-electron chi connectivity index (χ1n) is 4.39. The van der Waals surface area contributed by atoms with E-state index in [0.717, 1.165) is 5.56 Å². The van der Waals surface area contributed by atoms with Gasteiger partial charge in [0.15, 0.2) is 0 Å². The second kappa shape index (κ2) is 4.85. The van der Waals surface area contributed by atoms with Gasteiger partial charge in [0.1, 0.15) is 5.75 Å². The van der Waals surface area contributed by atoms with Gasteiger partial charge in [-0.25, -0.2) is 0 Å². The van der Waals surface area contributed by atoms with Gasteiger partial charge >= 0.3 is 7.12 Å². The van der Waals surface area contributed by atoms with Crippen LogP contribution in [0, 0.1) is 19.3 Å². The van der Waals surface area contributed by atoms with E-state index in [1.807, 2.05) is 6.92 Å². The summed E-state index contributed by atoms with van der Waals surface area (Å²) in [7, 11) is -1.53. The summed E-state index contributed by atoms with van der Waals surface area (Å²) >= 11 is 0. The third kappa shape index (κ3) is 2.99. The molecule has 4 nitrogen and oxygen atoms in total. The normalized spacial score (nSPS) is 11.7. The zero-order valence-electron chi connectivity index (χ0n) is 8.34. The predicted octanol–water partition coefficient (Wildman–Crippen LogP) is -1.03. The van der Waals surface area contributed by atoms with Crippen LogP contribution in [-0.2, 0) is 0 Å². The van der Waals surface area contributed by atoms with Crippen molar-refractivity contribution < 1.29 is 14.8 Å². The Labute approximate surface area is 88.8 Å². The Hall–Kier alpha value is -1.48. The summed E-state index contributed by atoms with van der Waals surface area (Å²) in [6.07, 6.45) is 4.23. The van der Waals surface area contributed by atoms with Crippen molar-refractivity contribution in [3.8, 4) is 18.1 Å². The Morgan fingerprint density at radius 2 is 2.20 bits per heavy atom. The minimum Gasteiger partial charge on any atom is -0.464 e. The molecule has 78 valence electrons. The van der Waals surface area contributed by atoms with E-state index in [1.165, 1.54) is 6.07 Å². The number of terminal acetylenes is 1. The Bertz CT molecular complexity index is 387. The number of rotatable bonds is 3. The number of hydrogen-bond donors (Lipinski definition) is 3.